The molecule has 0 radical (unpaired) electrons. The zero-order valence-electron chi connectivity index (χ0n) is 8.79. The van der Waals surface area contributed by atoms with Crippen LogP contribution in [-0.2, 0) is 6.42 Å². The van der Waals surface area contributed by atoms with Gasteiger partial charge in [0.2, 0.25) is 5.88 Å². The minimum atomic E-state index is 0.315. The van der Waals surface area contributed by atoms with Gasteiger partial charge in [0.05, 0.1) is 7.11 Å². The van der Waals surface area contributed by atoms with Crippen molar-refractivity contribution in [1.29, 1.82) is 0 Å². The first-order valence-electron chi connectivity index (χ1n) is 5.08. The summed E-state index contributed by atoms with van der Waals surface area (Å²) >= 11 is 3.43. The van der Waals surface area contributed by atoms with Crippen LogP contribution in [0.5, 0.6) is 5.88 Å². The second-order valence-electron chi connectivity index (χ2n) is 4.20. The molecule has 1 aromatic rings. The van der Waals surface area contributed by atoms with Crippen LogP contribution in [0.1, 0.15) is 18.4 Å². The van der Waals surface area contributed by atoms with Crippen LogP contribution in [0.15, 0.2) is 16.7 Å². The van der Waals surface area contributed by atoms with Crippen molar-refractivity contribution >= 4 is 15.9 Å². The van der Waals surface area contributed by atoms with E-state index in [9.17, 15) is 0 Å². The maximum atomic E-state index is 5.77. The Bertz CT molecular complexity index is 364. The average molecular weight is 271 g/mol. The molecule has 1 fully saturated rings. The SMILES string of the molecule is COc1ncc(Br)cc1CC1(CN)CC1. The van der Waals surface area contributed by atoms with Crippen molar-refractivity contribution in [1.82, 2.24) is 4.98 Å². The van der Waals surface area contributed by atoms with E-state index < -0.39 is 0 Å². The van der Waals surface area contributed by atoms with Gasteiger partial charge in [-0.2, -0.15) is 0 Å². The standard InChI is InChI=1S/C11H15BrN2O/c1-15-10-8(4-9(12)6-14-10)5-11(7-13)2-3-11/h4,6H,2-3,5,7,13H2,1H3. The third-order valence-electron chi connectivity index (χ3n) is 3.04. The smallest absolute Gasteiger partial charge is 0.216 e. The summed E-state index contributed by atoms with van der Waals surface area (Å²) in [5, 5.41) is 0. The molecule has 2 N–H and O–H groups in total. The maximum Gasteiger partial charge on any atom is 0.216 e. The summed E-state index contributed by atoms with van der Waals surface area (Å²) in [6, 6.07) is 2.07. The highest BCUT2D eigenvalue weighted by Gasteiger charge is 2.41. The number of nitrogens with zero attached hydrogens (tertiary/aromatic N) is 1. The van der Waals surface area contributed by atoms with Crippen LogP contribution >= 0.6 is 15.9 Å². The lowest BCUT2D eigenvalue weighted by atomic mass is 9.97. The van der Waals surface area contributed by atoms with Crippen molar-refractivity contribution in [3.63, 3.8) is 0 Å². The average Bonchev–Trinajstić information content (AvgIpc) is 2.99. The fourth-order valence-corrected chi connectivity index (χ4v) is 2.19. The van der Waals surface area contributed by atoms with E-state index in [0.717, 1.165) is 28.9 Å². The first kappa shape index (κ1) is 10.9. The topological polar surface area (TPSA) is 48.1 Å². The Morgan fingerprint density at radius 3 is 2.87 bits per heavy atom. The van der Waals surface area contributed by atoms with Crippen LogP contribution in [0.3, 0.4) is 0 Å². The van der Waals surface area contributed by atoms with Crippen molar-refractivity contribution in [2.24, 2.45) is 11.1 Å². The van der Waals surface area contributed by atoms with Gasteiger partial charge in [0, 0.05) is 16.2 Å². The number of halogens is 1. The summed E-state index contributed by atoms with van der Waals surface area (Å²) in [5.74, 6) is 0.720. The second kappa shape index (κ2) is 4.10. The molecule has 0 unspecified atom stereocenters. The van der Waals surface area contributed by atoms with Crippen LogP contribution in [0, 0.1) is 5.41 Å². The van der Waals surface area contributed by atoms with Crippen molar-refractivity contribution in [3.8, 4) is 5.88 Å². The zero-order chi connectivity index (χ0) is 10.9. The number of hydrogen-bond donors (Lipinski definition) is 1. The van der Waals surface area contributed by atoms with Crippen LogP contribution in [0.25, 0.3) is 0 Å². The van der Waals surface area contributed by atoms with Gasteiger partial charge in [-0.15, -0.1) is 0 Å². The molecule has 3 nitrogen and oxygen atoms in total. The third kappa shape index (κ3) is 2.32. The number of methoxy groups -OCH3 is 1. The normalized spacial score (nSPS) is 17.5. The van der Waals surface area contributed by atoms with Gasteiger partial charge in [-0.3, -0.25) is 0 Å². The van der Waals surface area contributed by atoms with E-state index in [1.807, 2.05) is 0 Å². The predicted octanol–water partition coefficient (Wildman–Crippen LogP) is 2.13. The fourth-order valence-electron chi connectivity index (χ4n) is 1.81. The number of aromatic nitrogens is 1. The Balaban J connectivity index is 2.22. The highest BCUT2D eigenvalue weighted by molar-refractivity contribution is 9.10. The van der Waals surface area contributed by atoms with Crippen LogP contribution < -0.4 is 10.5 Å². The van der Waals surface area contributed by atoms with Crippen molar-refractivity contribution in [3.05, 3.63) is 22.3 Å². The van der Waals surface area contributed by atoms with Crippen molar-refractivity contribution in [2.45, 2.75) is 19.3 Å². The van der Waals surface area contributed by atoms with E-state index in [1.165, 1.54) is 12.8 Å². The number of ether oxygens (including phenoxy) is 1. The molecule has 4 heteroatoms. The number of hydrogen-bond acceptors (Lipinski definition) is 3. The molecule has 1 saturated carbocycles. The molecule has 2 rings (SSSR count). The van der Waals surface area contributed by atoms with Crippen LogP contribution in [-0.4, -0.2) is 18.6 Å². The van der Waals surface area contributed by atoms with Gasteiger partial charge >= 0.3 is 0 Å². The van der Waals surface area contributed by atoms with E-state index in [-0.39, 0.29) is 0 Å². The summed E-state index contributed by atoms with van der Waals surface area (Å²) in [5.41, 5.74) is 7.24. The van der Waals surface area contributed by atoms with Gasteiger partial charge in [-0.05, 0) is 53.2 Å². The quantitative estimate of drug-likeness (QED) is 0.912. The highest BCUT2D eigenvalue weighted by atomic mass is 79.9. The molecule has 1 aliphatic carbocycles. The minimum Gasteiger partial charge on any atom is -0.481 e. The van der Waals surface area contributed by atoms with Gasteiger partial charge in [-0.1, -0.05) is 0 Å². The van der Waals surface area contributed by atoms with E-state index in [1.54, 1.807) is 13.3 Å². The molecule has 1 heterocycles. The number of rotatable bonds is 4. The third-order valence-corrected chi connectivity index (χ3v) is 3.47. The largest absolute Gasteiger partial charge is 0.481 e. The lowest BCUT2D eigenvalue weighted by Gasteiger charge is -2.14. The molecule has 82 valence electrons. The van der Waals surface area contributed by atoms with Crippen molar-refractivity contribution in [2.75, 3.05) is 13.7 Å². The Morgan fingerprint density at radius 1 is 1.60 bits per heavy atom. The van der Waals surface area contributed by atoms with E-state index >= 15 is 0 Å². The Hall–Kier alpha value is -0.610. The molecule has 0 atom stereocenters. The number of pyridine rings is 1. The van der Waals surface area contributed by atoms with Gasteiger partial charge in [0.1, 0.15) is 0 Å². The Labute approximate surface area is 98.2 Å². The van der Waals surface area contributed by atoms with Crippen LogP contribution in [0.2, 0.25) is 0 Å². The number of nitrogens with two attached hydrogens (primary N) is 1. The Kier molecular flexibility index (Phi) is 2.98. The summed E-state index contributed by atoms with van der Waals surface area (Å²) in [4.78, 5) is 4.23. The second-order valence-corrected chi connectivity index (χ2v) is 5.12. The molecule has 15 heavy (non-hydrogen) atoms. The van der Waals surface area contributed by atoms with Gasteiger partial charge in [-0.25, -0.2) is 4.98 Å². The zero-order valence-corrected chi connectivity index (χ0v) is 10.4. The molecule has 0 amide bonds. The first-order chi connectivity index (χ1) is 7.19. The summed E-state index contributed by atoms with van der Waals surface area (Å²) < 4.78 is 6.24. The van der Waals surface area contributed by atoms with E-state index in [2.05, 4.69) is 27.0 Å². The molecular formula is C11H15BrN2O. The van der Waals surface area contributed by atoms with Gasteiger partial charge in [0.15, 0.2) is 0 Å². The molecular weight excluding hydrogens is 256 g/mol. The fraction of sp³-hybridized carbons (Fsp3) is 0.545. The molecule has 0 spiro atoms. The molecule has 1 aromatic heterocycles. The van der Waals surface area contributed by atoms with Gasteiger partial charge in [0.25, 0.3) is 0 Å². The van der Waals surface area contributed by atoms with E-state index in [4.69, 9.17) is 10.5 Å². The summed E-state index contributed by atoms with van der Waals surface area (Å²) in [6.07, 6.45) is 5.17. The molecule has 0 aromatic carbocycles. The molecule has 1 aliphatic rings. The highest BCUT2D eigenvalue weighted by Crippen LogP contribution is 2.48. The summed E-state index contributed by atoms with van der Waals surface area (Å²) in [7, 11) is 1.65. The predicted molar refractivity (Wildman–Crippen MR) is 62.9 cm³/mol. The lowest BCUT2D eigenvalue weighted by molar-refractivity contribution is 0.385. The monoisotopic (exact) mass is 270 g/mol. The minimum absolute atomic E-state index is 0.315. The first-order valence-corrected chi connectivity index (χ1v) is 5.87. The molecule has 0 aliphatic heterocycles. The van der Waals surface area contributed by atoms with Gasteiger partial charge < -0.3 is 10.5 Å². The van der Waals surface area contributed by atoms with E-state index in [0.29, 0.717) is 5.41 Å². The van der Waals surface area contributed by atoms with Crippen LogP contribution in [0.4, 0.5) is 0 Å². The lowest BCUT2D eigenvalue weighted by Crippen LogP contribution is -2.18. The summed E-state index contributed by atoms with van der Waals surface area (Å²) in [6.45, 7) is 0.753. The van der Waals surface area contributed by atoms with Crippen molar-refractivity contribution < 1.29 is 4.74 Å². The maximum absolute atomic E-state index is 5.77. The molecule has 0 bridgehead atoms. The Morgan fingerprint density at radius 2 is 2.33 bits per heavy atom. The molecule has 0 saturated heterocycles.